The quantitative estimate of drug-likeness (QED) is 0.939. The van der Waals surface area contributed by atoms with Gasteiger partial charge in [-0.3, -0.25) is 0 Å². The minimum atomic E-state index is -3.39. The van der Waals surface area contributed by atoms with E-state index in [0.29, 0.717) is 10.8 Å². The Morgan fingerprint density at radius 2 is 1.75 bits per heavy atom. The molecule has 0 radical (unpaired) electrons. The molecule has 3 nitrogen and oxygen atoms in total. The number of thiophene rings is 1. The van der Waals surface area contributed by atoms with Crippen LogP contribution in [-0.2, 0) is 22.0 Å². The molecule has 5 heteroatoms. The van der Waals surface area contributed by atoms with Crippen molar-refractivity contribution in [2.45, 2.75) is 36.9 Å². The molecule has 108 valence electrons. The van der Waals surface area contributed by atoms with Gasteiger partial charge in [0.1, 0.15) is 4.21 Å². The Hall–Kier alpha value is -1.17. The predicted octanol–water partition coefficient (Wildman–Crippen LogP) is 3.52. The molecule has 0 aliphatic carbocycles. The predicted molar refractivity (Wildman–Crippen MR) is 83.5 cm³/mol. The molecule has 0 fully saturated rings. The molecule has 0 aliphatic rings. The van der Waals surface area contributed by atoms with Crippen molar-refractivity contribution in [3.8, 4) is 0 Å². The van der Waals surface area contributed by atoms with E-state index in [9.17, 15) is 8.42 Å². The molecule has 0 aliphatic heterocycles. The second-order valence-electron chi connectivity index (χ2n) is 5.70. The molecule has 0 atom stereocenters. The summed E-state index contributed by atoms with van der Waals surface area (Å²) in [5, 5.41) is 1.76. The summed E-state index contributed by atoms with van der Waals surface area (Å²) >= 11 is 1.22. The van der Waals surface area contributed by atoms with Crippen molar-refractivity contribution >= 4 is 21.4 Å². The molecule has 0 saturated carbocycles. The zero-order valence-electron chi connectivity index (χ0n) is 11.9. The Morgan fingerprint density at radius 3 is 2.25 bits per heavy atom. The van der Waals surface area contributed by atoms with Gasteiger partial charge in [0.15, 0.2) is 0 Å². The van der Waals surface area contributed by atoms with Crippen LogP contribution in [0.1, 0.15) is 31.9 Å². The van der Waals surface area contributed by atoms with Crippen LogP contribution in [-0.4, -0.2) is 8.42 Å². The third-order valence-corrected chi connectivity index (χ3v) is 5.84. The number of hydrogen-bond donors (Lipinski definition) is 1. The van der Waals surface area contributed by atoms with Crippen LogP contribution in [0.3, 0.4) is 0 Å². The molecular formula is C15H19NO2S2. The lowest BCUT2D eigenvalue weighted by molar-refractivity contribution is 0.582. The van der Waals surface area contributed by atoms with E-state index in [0.717, 1.165) is 5.56 Å². The molecule has 20 heavy (non-hydrogen) atoms. The van der Waals surface area contributed by atoms with E-state index in [4.69, 9.17) is 0 Å². The fourth-order valence-electron chi connectivity index (χ4n) is 1.79. The van der Waals surface area contributed by atoms with Crippen molar-refractivity contribution in [3.63, 3.8) is 0 Å². The topological polar surface area (TPSA) is 46.2 Å². The fourth-order valence-corrected chi connectivity index (χ4v) is 3.84. The monoisotopic (exact) mass is 309 g/mol. The Kier molecular flexibility index (Phi) is 4.32. The average molecular weight is 309 g/mol. The first-order chi connectivity index (χ1) is 9.29. The van der Waals surface area contributed by atoms with Crippen LogP contribution in [0.15, 0.2) is 46.0 Å². The van der Waals surface area contributed by atoms with Crippen LogP contribution < -0.4 is 4.72 Å². The van der Waals surface area contributed by atoms with Crippen LogP contribution in [0, 0.1) is 0 Å². The first-order valence-corrected chi connectivity index (χ1v) is 8.78. The highest BCUT2D eigenvalue weighted by Crippen LogP contribution is 2.22. The minimum Gasteiger partial charge on any atom is -0.206 e. The Balaban J connectivity index is 2.05. The van der Waals surface area contributed by atoms with E-state index in [-0.39, 0.29) is 5.41 Å². The molecule has 0 amide bonds. The van der Waals surface area contributed by atoms with Crippen LogP contribution in [0.5, 0.6) is 0 Å². The zero-order valence-corrected chi connectivity index (χ0v) is 13.5. The second-order valence-corrected chi connectivity index (χ2v) is 8.65. The maximum Gasteiger partial charge on any atom is 0.250 e. The minimum absolute atomic E-state index is 0.106. The van der Waals surface area contributed by atoms with E-state index in [1.54, 1.807) is 17.5 Å². The molecule has 1 N–H and O–H groups in total. The Labute approximate surface area is 124 Å². The maximum atomic E-state index is 12.0. The van der Waals surface area contributed by atoms with Crippen molar-refractivity contribution < 1.29 is 8.42 Å². The lowest BCUT2D eigenvalue weighted by Gasteiger charge is -2.19. The van der Waals surface area contributed by atoms with Gasteiger partial charge in [0.05, 0.1) is 0 Å². The second kappa shape index (κ2) is 5.68. The van der Waals surface area contributed by atoms with Gasteiger partial charge in [-0.25, -0.2) is 13.1 Å². The Bertz CT molecular complexity index is 651. The van der Waals surface area contributed by atoms with Crippen LogP contribution >= 0.6 is 11.3 Å². The molecule has 1 aromatic carbocycles. The van der Waals surface area contributed by atoms with Gasteiger partial charge < -0.3 is 0 Å². The van der Waals surface area contributed by atoms with Crippen molar-refractivity contribution in [2.75, 3.05) is 0 Å². The van der Waals surface area contributed by atoms with Gasteiger partial charge in [-0.05, 0) is 28.0 Å². The molecular weight excluding hydrogens is 290 g/mol. The molecule has 2 rings (SSSR count). The molecule has 1 heterocycles. The summed E-state index contributed by atoms with van der Waals surface area (Å²) in [5.41, 5.74) is 2.30. The first-order valence-electron chi connectivity index (χ1n) is 6.42. The molecule has 2 aromatic rings. The number of nitrogens with one attached hydrogen (secondary N) is 1. The third-order valence-electron chi connectivity index (χ3n) is 3.05. The highest BCUT2D eigenvalue weighted by Gasteiger charge is 2.15. The van der Waals surface area contributed by atoms with Gasteiger partial charge in [-0.1, -0.05) is 51.1 Å². The van der Waals surface area contributed by atoms with E-state index < -0.39 is 10.0 Å². The summed E-state index contributed by atoms with van der Waals surface area (Å²) in [6.07, 6.45) is 0. The van der Waals surface area contributed by atoms with Gasteiger partial charge in [0, 0.05) is 6.54 Å². The largest absolute Gasteiger partial charge is 0.250 e. The lowest BCUT2D eigenvalue weighted by Crippen LogP contribution is -2.22. The average Bonchev–Trinajstić information content (AvgIpc) is 2.90. The van der Waals surface area contributed by atoms with Crippen molar-refractivity contribution in [1.82, 2.24) is 4.72 Å². The highest BCUT2D eigenvalue weighted by molar-refractivity contribution is 7.91. The molecule has 1 aromatic heterocycles. The van der Waals surface area contributed by atoms with Crippen molar-refractivity contribution in [1.29, 1.82) is 0 Å². The molecule has 0 bridgehead atoms. The summed E-state index contributed by atoms with van der Waals surface area (Å²) in [6, 6.07) is 11.4. The van der Waals surface area contributed by atoms with Crippen LogP contribution in [0.4, 0.5) is 0 Å². The van der Waals surface area contributed by atoms with Crippen LogP contribution in [0.2, 0.25) is 0 Å². The number of sulfonamides is 1. The number of rotatable bonds is 4. The van der Waals surface area contributed by atoms with Crippen molar-refractivity contribution in [2.24, 2.45) is 0 Å². The fraction of sp³-hybridized carbons (Fsp3) is 0.333. The van der Waals surface area contributed by atoms with Crippen molar-refractivity contribution in [3.05, 3.63) is 52.9 Å². The zero-order chi connectivity index (χ0) is 14.8. The Morgan fingerprint density at radius 1 is 1.10 bits per heavy atom. The van der Waals surface area contributed by atoms with Crippen LogP contribution in [0.25, 0.3) is 0 Å². The van der Waals surface area contributed by atoms with Gasteiger partial charge in [-0.2, -0.15) is 0 Å². The van der Waals surface area contributed by atoms with Gasteiger partial charge >= 0.3 is 0 Å². The summed E-state index contributed by atoms with van der Waals surface area (Å²) in [4.78, 5) is 0. The normalized spacial score (nSPS) is 12.6. The summed E-state index contributed by atoms with van der Waals surface area (Å²) in [6.45, 7) is 6.77. The van der Waals surface area contributed by atoms with E-state index in [1.807, 2.05) is 12.1 Å². The van der Waals surface area contributed by atoms with Gasteiger partial charge in [0.2, 0.25) is 10.0 Å². The van der Waals surface area contributed by atoms with Gasteiger partial charge in [-0.15, -0.1) is 11.3 Å². The standard InChI is InChI=1S/C15H19NO2S2/c1-15(2,3)13-8-6-12(7-9-13)11-16-20(17,18)14-5-4-10-19-14/h4-10,16H,11H2,1-3H3. The molecule has 0 unspecified atom stereocenters. The van der Waals surface area contributed by atoms with Gasteiger partial charge in [0.25, 0.3) is 0 Å². The first kappa shape index (κ1) is 15.2. The summed E-state index contributed by atoms with van der Waals surface area (Å²) in [7, 11) is -3.39. The smallest absolute Gasteiger partial charge is 0.206 e. The molecule has 0 spiro atoms. The van der Waals surface area contributed by atoms with E-state index in [2.05, 4.69) is 37.6 Å². The number of benzene rings is 1. The lowest BCUT2D eigenvalue weighted by atomic mass is 9.87. The van der Waals surface area contributed by atoms with E-state index in [1.165, 1.54) is 16.9 Å². The van der Waals surface area contributed by atoms with E-state index >= 15 is 0 Å². The SMILES string of the molecule is CC(C)(C)c1ccc(CNS(=O)(=O)c2cccs2)cc1. The highest BCUT2D eigenvalue weighted by atomic mass is 32.2. The number of hydrogen-bond acceptors (Lipinski definition) is 3. The molecule has 0 saturated heterocycles. The third kappa shape index (κ3) is 3.69. The summed E-state index contributed by atoms with van der Waals surface area (Å²) < 4.78 is 27.0. The maximum absolute atomic E-state index is 12.0. The summed E-state index contributed by atoms with van der Waals surface area (Å²) in [5.74, 6) is 0.